The molecule has 1 aliphatic rings. The van der Waals surface area contributed by atoms with Gasteiger partial charge in [0.05, 0.1) is 12.8 Å². The first-order valence-corrected chi connectivity index (χ1v) is 9.63. The molecule has 1 amide bonds. The second-order valence-electron chi connectivity index (χ2n) is 6.88. The lowest BCUT2D eigenvalue weighted by Crippen LogP contribution is -2.49. The zero-order chi connectivity index (χ0) is 19.1. The molecule has 1 atom stereocenters. The average Bonchev–Trinajstić information content (AvgIpc) is 2.74. The Hall–Kier alpha value is -2.53. The molecule has 0 aliphatic carbocycles. The highest BCUT2D eigenvalue weighted by Gasteiger charge is 2.22. The molecule has 27 heavy (non-hydrogen) atoms. The first-order chi connectivity index (χ1) is 13.2. The van der Waals surface area contributed by atoms with Gasteiger partial charge in [0.15, 0.2) is 0 Å². The van der Waals surface area contributed by atoms with Crippen molar-refractivity contribution in [1.29, 1.82) is 0 Å². The van der Waals surface area contributed by atoms with Crippen molar-refractivity contribution in [3.63, 3.8) is 0 Å². The van der Waals surface area contributed by atoms with Crippen LogP contribution in [0.2, 0.25) is 0 Å². The highest BCUT2D eigenvalue weighted by molar-refractivity contribution is 5.76. The Morgan fingerprint density at radius 3 is 2.41 bits per heavy atom. The van der Waals surface area contributed by atoms with E-state index in [1.807, 2.05) is 41.3 Å². The number of hydrogen-bond acceptors (Lipinski definition) is 4. The Morgan fingerprint density at radius 2 is 1.70 bits per heavy atom. The standard InChI is InChI=1S/C22H29N3O2/c1-18(19-8-4-3-5-9-19)23-13-12-22(26)25-16-14-24(15-17-25)20-10-6-7-11-21(20)27-2/h3-11,18,23H,12-17H2,1-2H3. The van der Waals surface area contributed by atoms with E-state index in [1.54, 1.807) is 7.11 Å². The number of hydrogen-bond donors (Lipinski definition) is 1. The van der Waals surface area contributed by atoms with Crippen molar-refractivity contribution in [1.82, 2.24) is 10.2 Å². The zero-order valence-electron chi connectivity index (χ0n) is 16.2. The summed E-state index contributed by atoms with van der Waals surface area (Å²) in [6, 6.07) is 18.6. The van der Waals surface area contributed by atoms with Crippen molar-refractivity contribution < 1.29 is 9.53 Å². The number of methoxy groups -OCH3 is 1. The number of nitrogens with zero attached hydrogens (tertiary/aromatic N) is 2. The number of carbonyl (C=O) groups excluding carboxylic acids is 1. The van der Waals surface area contributed by atoms with Gasteiger partial charge in [-0.05, 0) is 24.6 Å². The molecule has 3 rings (SSSR count). The Kier molecular flexibility index (Phi) is 6.71. The zero-order valence-corrected chi connectivity index (χ0v) is 16.2. The fourth-order valence-corrected chi connectivity index (χ4v) is 3.50. The Labute approximate surface area is 161 Å². The maximum absolute atomic E-state index is 12.5. The van der Waals surface area contributed by atoms with Crippen LogP contribution in [0.5, 0.6) is 5.75 Å². The number of amides is 1. The number of carbonyl (C=O) groups is 1. The molecule has 0 saturated carbocycles. The third-order valence-electron chi connectivity index (χ3n) is 5.15. The largest absolute Gasteiger partial charge is 0.495 e. The van der Waals surface area contributed by atoms with Crippen molar-refractivity contribution >= 4 is 11.6 Å². The van der Waals surface area contributed by atoms with Gasteiger partial charge >= 0.3 is 0 Å². The summed E-state index contributed by atoms with van der Waals surface area (Å²) in [5.41, 5.74) is 2.35. The normalized spacial score (nSPS) is 15.5. The van der Waals surface area contributed by atoms with Gasteiger partial charge in [-0.25, -0.2) is 0 Å². The monoisotopic (exact) mass is 367 g/mol. The molecule has 0 spiro atoms. The van der Waals surface area contributed by atoms with Gasteiger partial charge in [0, 0.05) is 45.2 Å². The summed E-state index contributed by atoms with van der Waals surface area (Å²) in [7, 11) is 1.70. The van der Waals surface area contributed by atoms with E-state index in [4.69, 9.17) is 4.74 Å². The lowest BCUT2D eigenvalue weighted by Gasteiger charge is -2.36. The maximum Gasteiger partial charge on any atom is 0.223 e. The van der Waals surface area contributed by atoms with E-state index in [1.165, 1.54) is 5.56 Å². The molecule has 1 heterocycles. The van der Waals surface area contributed by atoms with Crippen LogP contribution in [0, 0.1) is 0 Å². The Bertz CT molecular complexity index is 727. The lowest BCUT2D eigenvalue weighted by atomic mass is 10.1. The minimum absolute atomic E-state index is 0.224. The molecular formula is C22H29N3O2. The van der Waals surface area contributed by atoms with Crippen LogP contribution < -0.4 is 15.0 Å². The summed E-state index contributed by atoms with van der Waals surface area (Å²) in [4.78, 5) is 16.8. The third kappa shape index (κ3) is 5.01. The van der Waals surface area contributed by atoms with Crippen LogP contribution in [0.25, 0.3) is 0 Å². The predicted molar refractivity (Wildman–Crippen MR) is 109 cm³/mol. The number of nitrogens with one attached hydrogen (secondary N) is 1. The SMILES string of the molecule is COc1ccccc1N1CCN(C(=O)CCNC(C)c2ccccc2)CC1. The van der Waals surface area contributed by atoms with Crippen LogP contribution in [0.3, 0.4) is 0 Å². The summed E-state index contributed by atoms with van der Waals surface area (Å²) in [6.45, 7) is 6.00. The Morgan fingerprint density at radius 1 is 1.04 bits per heavy atom. The minimum Gasteiger partial charge on any atom is -0.495 e. The molecule has 2 aromatic carbocycles. The predicted octanol–water partition coefficient (Wildman–Crippen LogP) is 3.08. The smallest absolute Gasteiger partial charge is 0.223 e. The van der Waals surface area contributed by atoms with Gasteiger partial charge in [0.1, 0.15) is 5.75 Å². The average molecular weight is 367 g/mol. The van der Waals surface area contributed by atoms with Crippen LogP contribution in [-0.2, 0) is 4.79 Å². The van der Waals surface area contributed by atoms with E-state index in [0.29, 0.717) is 13.0 Å². The number of rotatable bonds is 7. The van der Waals surface area contributed by atoms with Gasteiger partial charge in [0.25, 0.3) is 0 Å². The number of anilines is 1. The number of ether oxygens (including phenoxy) is 1. The number of piperazine rings is 1. The molecule has 1 unspecified atom stereocenters. The van der Waals surface area contributed by atoms with Crippen LogP contribution in [-0.4, -0.2) is 50.6 Å². The molecular weight excluding hydrogens is 338 g/mol. The van der Waals surface area contributed by atoms with Gasteiger partial charge in [0.2, 0.25) is 5.91 Å². The molecule has 0 aromatic heterocycles. The second-order valence-corrected chi connectivity index (χ2v) is 6.88. The molecule has 144 valence electrons. The molecule has 5 nitrogen and oxygen atoms in total. The van der Waals surface area contributed by atoms with E-state index in [-0.39, 0.29) is 11.9 Å². The summed E-state index contributed by atoms with van der Waals surface area (Å²) in [5, 5.41) is 3.44. The molecule has 1 saturated heterocycles. The van der Waals surface area contributed by atoms with E-state index >= 15 is 0 Å². The van der Waals surface area contributed by atoms with Crippen LogP contribution in [0.1, 0.15) is 24.9 Å². The fraction of sp³-hybridized carbons (Fsp3) is 0.409. The quantitative estimate of drug-likeness (QED) is 0.817. The van der Waals surface area contributed by atoms with E-state index in [0.717, 1.165) is 37.6 Å². The van der Waals surface area contributed by atoms with Gasteiger partial charge in [-0.15, -0.1) is 0 Å². The van der Waals surface area contributed by atoms with Crippen molar-refractivity contribution in [3.8, 4) is 5.75 Å². The summed E-state index contributed by atoms with van der Waals surface area (Å²) >= 11 is 0. The van der Waals surface area contributed by atoms with Gasteiger partial charge in [-0.3, -0.25) is 4.79 Å². The Balaban J connectivity index is 1.43. The summed E-state index contributed by atoms with van der Waals surface area (Å²) < 4.78 is 5.45. The van der Waals surface area contributed by atoms with E-state index in [2.05, 4.69) is 35.3 Å². The van der Waals surface area contributed by atoms with Gasteiger partial charge in [-0.1, -0.05) is 42.5 Å². The number of para-hydroxylation sites is 2. The molecule has 1 aliphatic heterocycles. The van der Waals surface area contributed by atoms with Gasteiger partial charge < -0.3 is 19.9 Å². The van der Waals surface area contributed by atoms with Crippen molar-refractivity contribution in [2.45, 2.75) is 19.4 Å². The summed E-state index contributed by atoms with van der Waals surface area (Å²) in [6.07, 6.45) is 0.534. The van der Waals surface area contributed by atoms with Crippen molar-refractivity contribution in [2.24, 2.45) is 0 Å². The molecule has 0 radical (unpaired) electrons. The molecule has 1 N–H and O–H groups in total. The molecule has 2 aromatic rings. The minimum atomic E-state index is 0.224. The summed E-state index contributed by atoms with van der Waals surface area (Å²) in [5.74, 6) is 1.11. The van der Waals surface area contributed by atoms with Crippen molar-refractivity contribution in [3.05, 3.63) is 60.2 Å². The highest BCUT2D eigenvalue weighted by atomic mass is 16.5. The lowest BCUT2D eigenvalue weighted by molar-refractivity contribution is -0.131. The number of benzene rings is 2. The third-order valence-corrected chi connectivity index (χ3v) is 5.15. The molecule has 5 heteroatoms. The fourth-order valence-electron chi connectivity index (χ4n) is 3.50. The van der Waals surface area contributed by atoms with Crippen LogP contribution in [0.15, 0.2) is 54.6 Å². The molecule has 1 fully saturated rings. The first-order valence-electron chi connectivity index (χ1n) is 9.63. The van der Waals surface area contributed by atoms with Crippen LogP contribution in [0.4, 0.5) is 5.69 Å². The highest BCUT2D eigenvalue weighted by Crippen LogP contribution is 2.28. The molecule has 0 bridgehead atoms. The van der Waals surface area contributed by atoms with E-state index < -0.39 is 0 Å². The topological polar surface area (TPSA) is 44.8 Å². The van der Waals surface area contributed by atoms with Crippen molar-refractivity contribution in [2.75, 3.05) is 44.7 Å². The van der Waals surface area contributed by atoms with Crippen LogP contribution >= 0.6 is 0 Å². The van der Waals surface area contributed by atoms with E-state index in [9.17, 15) is 4.79 Å². The van der Waals surface area contributed by atoms with Gasteiger partial charge in [-0.2, -0.15) is 0 Å². The second kappa shape index (κ2) is 9.42. The first kappa shape index (κ1) is 19.2. The maximum atomic E-state index is 12.5.